The normalized spacial score (nSPS) is 17.6. The molecule has 0 atom stereocenters. The van der Waals surface area contributed by atoms with Gasteiger partial charge in [-0.05, 0) is 66.2 Å². The van der Waals surface area contributed by atoms with E-state index >= 15 is 0 Å². The van der Waals surface area contributed by atoms with E-state index in [0.717, 1.165) is 18.8 Å². The van der Waals surface area contributed by atoms with Crippen molar-refractivity contribution in [1.82, 2.24) is 25.2 Å². The van der Waals surface area contributed by atoms with Crippen molar-refractivity contribution in [1.29, 1.82) is 0 Å². The SMILES string of the molecule is CC(C)(C)n1cc(CNCCCN2CCCCC2)nn1. The van der Waals surface area contributed by atoms with E-state index in [9.17, 15) is 0 Å². The number of nitrogens with one attached hydrogen (secondary N) is 1. The minimum Gasteiger partial charge on any atom is -0.311 e. The molecule has 0 aliphatic carbocycles. The van der Waals surface area contributed by atoms with Gasteiger partial charge >= 0.3 is 0 Å². The monoisotopic (exact) mass is 279 g/mol. The summed E-state index contributed by atoms with van der Waals surface area (Å²) in [6, 6.07) is 0. The first-order valence-electron chi connectivity index (χ1n) is 7.90. The van der Waals surface area contributed by atoms with Gasteiger partial charge in [0.1, 0.15) is 0 Å². The lowest BCUT2D eigenvalue weighted by atomic mass is 10.1. The third kappa shape index (κ3) is 4.87. The molecule has 114 valence electrons. The summed E-state index contributed by atoms with van der Waals surface area (Å²) in [6.45, 7) is 12.1. The summed E-state index contributed by atoms with van der Waals surface area (Å²) in [4.78, 5) is 2.58. The van der Waals surface area contributed by atoms with Crippen LogP contribution >= 0.6 is 0 Å². The van der Waals surface area contributed by atoms with Crippen molar-refractivity contribution < 1.29 is 0 Å². The van der Waals surface area contributed by atoms with Crippen LogP contribution in [0.25, 0.3) is 0 Å². The van der Waals surface area contributed by atoms with Gasteiger partial charge in [0, 0.05) is 6.54 Å². The van der Waals surface area contributed by atoms with Crippen molar-refractivity contribution in [2.75, 3.05) is 26.2 Å². The van der Waals surface area contributed by atoms with Crippen molar-refractivity contribution in [2.24, 2.45) is 0 Å². The number of hydrogen-bond donors (Lipinski definition) is 1. The molecule has 0 spiro atoms. The second kappa shape index (κ2) is 7.18. The van der Waals surface area contributed by atoms with Gasteiger partial charge in [-0.1, -0.05) is 11.6 Å². The summed E-state index contributed by atoms with van der Waals surface area (Å²) in [7, 11) is 0. The molecule has 1 aromatic rings. The van der Waals surface area contributed by atoms with Crippen LogP contribution in [0.2, 0.25) is 0 Å². The van der Waals surface area contributed by atoms with E-state index in [1.54, 1.807) is 0 Å². The molecular formula is C15H29N5. The smallest absolute Gasteiger partial charge is 0.0965 e. The Kier molecular flexibility index (Phi) is 5.54. The minimum absolute atomic E-state index is 0.0134. The lowest BCUT2D eigenvalue weighted by molar-refractivity contribution is 0.225. The number of likely N-dealkylation sites (tertiary alicyclic amines) is 1. The number of nitrogens with zero attached hydrogens (tertiary/aromatic N) is 4. The standard InChI is InChI=1S/C15H29N5/c1-15(2,3)20-13-14(17-18-20)12-16-8-7-11-19-9-5-4-6-10-19/h13,16H,4-12H2,1-3H3. The van der Waals surface area contributed by atoms with Crippen LogP contribution in [-0.4, -0.2) is 46.1 Å². The van der Waals surface area contributed by atoms with Crippen LogP contribution in [0, 0.1) is 0 Å². The molecule has 1 aromatic heterocycles. The fourth-order valence-electron chi connectivity index (χ4n) is 2.53. The Hall–Kier alpha value is -0.940. The van der Waals surface area contributed by atoms with E-state index in [1.165, 1.54) is 45.3 Å². The predicted octanol–water partition coefficient (Wildman–Crippen LogP) is 2.00. The quantitative estimate of drug-likeness (QED) is 0.809. The van der Waals surface area contributed by atoms with Gasteiger partial charge in [0.2, 0.25) is 0 Å². The molecule has 2 rings (SSSR count). The lowest BCUT2D eigenvalue weighted by Crippen LogP contribution is -2.32. The molecule has 5 heteroatoms. The van der Waals surface area contributed by atoms with Crippen LogP contribution in [0.15, 0.2) is 6.20 Å². The van der Waals surface area contributed by atoms with Gasteiger partial charge in [0.25, 0.3) is 0 Å². The predicted molar refractivity (Wildman–Crippen MR) is 81.6 cm³/mol. The molecule has 1 fully saturated rings. The summed E-state index contributed by atoms with van der Waals surface area (Å²) >= 11 is 0. The van der Waals surface area contributed by atoms with Crippen molar-refractivity contribution in [3.63, 3.8) is 0 Å². The maximum atomic E-state index is 4.21. The summed E-state index contributed by atoms with van der Waals surface area (Å²) < 4.78 is 1.93. The number of rotatable bonds is 6. The zero-order chi connectivity index (χ0) is 14.4. The fraction of sp³-hybridized carbons (Fsp3) is 0.867. The Morgan fingerprint density at radius 1 is 1.20 bits per heavy atom. The molecule has 1 saturated heterocycles. The second-order valence-corrected chi connectivity index (χ2v) is 6.76. The molecule has 0 unspecified atom stereocenters. The average molecular weight is 279 g/mol. The van der Waals surface area contributed by atoms with E-state index in [-0.39, 0.29) is 5.54 Å². The largest absolute Gasteiger partial charge is 0.311 e. The van der Waals surface area contributed by atoms with E-state index in [0.29, 0.717) is 0 Å². The Balaban J connectivity index is 1.60. The van der Waals surface area contributed by atoms with Gasteiger partial charge in [-0.2, -0.15) is 0 Å². The zero-order valence-corrected chi connectivity index (χ0v) is 13.2. The van der Waals surface area contributed by atoms with E-state index in [4.69, 9.17) is 0 Å². The molecular weight excluding hydrogens is 250 g/mol. The highest BCUT2D eigenvalue weighted by Crippen LogP contribution is 2.11. The molecule has 0 radical (unpaired) electrons. The lowest BCUT2D eigenvalue weighted by Gasteiger charge is -2.26. The van der Waals surface area contributed by atoms with Crippen LogP contribution < -0.4 is 5.32 Å². The highest BCUT2D eigenvalue weighted by atomic mass is 15.4. The molecule has 1 N–H and O–H groups in total. The molecule has 20 heavy (non-hydrogen) atoms. The molecule has 5 nitrogen and oxygen atoms in total. The van der Waals surface area contributed by atoms with E-state index in [2.05, 4.69) is 41.3 Å². The Bertz CT molecular complexity index is 387. The average Bonchev–Trinajstić information content (AvgIpc) is 2.88. The summed E-state index contributed by atoms with van der Waals surface area (Å²) in [5.41, 5.74) is 1.04. The van der Waals surface area contributed by atoms with Crippen molar-refractivity contribution in [3.8, 4) is 0 Å². The minimum atomic E-state index is 0.0134. The summed E-state index contributed by atoms with van der Waals surface area (Å²) in [5, 5.41) is 11.9. The van der Waals surface area contributed by atoms with Gasteiger partial charge in [0.15, 0.2) is 0 Å². The van der Waals surface area contributed by atoms with Crippen LogP contribution in [-0.2, 0) is 12.1 Å². The molecule has 1 aliphatic heterocycles. The van der Waals surface area contributed by atoms with Crippen LogP contribution in [0.5, 0.6) is 0 Å². The Morgan fingerprint density at radius 2 is 1.95 bits per heavy atom. The summed E-state index contributed by atoms with van der Waals surface area (Å²) in [5.74, 6) is 0. The highest BCUT2D eigenvalue weighted by molar-refractivity contribution is 4.93. The third-order valence-electron chi connectivity index (χ3n) is 3.81. The molecule has 0 aromatic carbocycles. The maximum absolute atomic E-state index is 4.21. The topological polar surface area (TPSA) is 46.0 Å². The van der Waals surface area contributed by atoms with Gasteiger partial charge in [-0.3, -0.25) is 0 Å². The Labute approximate surface area is 122 Å². The van der Waals surface area contributed by atoms with Gasteiger partial charge in [-0.15, -0.1) is 5.10 Å². The second-order valence-electron chi connectivity index (χ2n) is 6.76. The first-order chi connectivity index (χ1) is 9.55. The van der Waals surface area contributed by atoms with Crippen LogP contribution in [0.3, 0.4) is 0 Å². The van der Waals surface area contributed by atoms with Crippen molar-refractivity contribution in [3.05, 3.63) is 11.9 Å². The number of hydrogen-bond acceptors (Lipinski definition) is 4. The van der Waals surface area contributed by atoms with E-state index < -0.39 is 0 Å². The Morgan fingerprint density at radius 3 is 2.60 bits per heavy atom. The molecule has 2 heterocycles. The van der Waals surface area contributed by atoms with Gasteiger partial charge in [0.05, 0.1) is 17.4 Å². The summed E-state index contributed by atoms with van der Waals surface area (Å²) in [6.07, 6.45) is 7.43. The van der Waals surface area contributed by atoms with Crippen molar-refractivity contribution >= 4 is 0 Å². The van der Waals surface area contributed by atoms with Gasteiger partial charge < -0.3 is 10.2 Å². The first-order valence-corrected chi connectivity index (χ1v) is 7.90. The fourth-order valence-corrected chi connectivity index (χ4v) is 2.53. The number of piperidine rings is 1. The van der Waals surface area contributed by atoms with Crippen LogP contribution in [0.4, 0.5) is 0 Å². The maximum Gasteiger partial charge on any atom is 0.0965 e. The van der Waals surface area contributed by atoms with Crippen LogP contribution in [0.1, 0.15) is 52.1 Å². The molecule has 0 amide bonds. The van der Waals surface area contributed by atoms with Gasteiger partial charge in [-0.25, -0.2) is 4.68 Å². The molecule has 0 bridgehead atoms. The highest BCUT2D eigenvalue weighted by Gasteiger charge is 2.14. The first kappa shape index (κ1) is 15.4. The van der Waals surface area contributed by atoms with Crippen molar-refractivity contribution in [2.45, 2.75) is 58.5 Å². The number of aromatic nitrogens is 3. The molecule has 1 aliphatic rings. The molecule has 0 saturated carbocycles. The zero-order valence-electron chi connectivity index (χ0n) is 13.2. The van der Waals surface area contributed by atoms with E-state index in [1.807, 2.05) is 10.9 Å². The third-order valence-corrected chi connectivity index (χ3v) is 3.81.